The molecule has 0 unspecified atom stereocenters. The zero-order valence-corrected chi connectivity index (χ0v) is 9.04. The minimum absolute atomic E-state index is 0.892. The fraction of sp³-hybridized carbons (Fsp3) is 1.00. The average Bonchev–Trinajstić information content (AvgIpc) is 2.47. The van der Waals surface area contributed by atoms with Crippen molar-refractivity contribution in [2.24, 2.45) is 0 Å². The van der Waals surface area contributed by atoms with Crippen molar-refractivity contribution in [2.45, 2.75) is 63.1 Å². The van der Waals surface area contributed by atoms with Gasteiger partial charge in [-0.3, -0.25) is 4.90 Å². The molecular weight excluding hydrogens is 172 g/mol. The molecule has 1 aliphatic heterocycles. The SMILES string of the molecule is C1CCC(N(C2CCC2)C2CNC2)C1. The summed E-state index contributed by atoms with van der Waals surface area (Å²) in [5.41, 5.74) is 0. The van der Waals surface area contributed by atoms with Gasteiger partial charge in [0.25, 0.3) is 0 Å². The van der Waals surface area contributed by atoms with E-state index in [0.29, 0.717) is 0 Å². The van der Waals surface area contributed by atoms with Crippen LogP contribution in [0.15, 0.2) is 0 Å². The first kappa shape index (κ1) is 9.17. The average molecular weight is 194 g/mol. The van der Waals surface area contributed by atoms with E-state index in [1.165, 1.54) is 58.0 Å². The second-order valence-corrected chi connectivity index (χ2v) is 5.28. The molecule has 3 fully saturated rings. The topological polar surface area (TPSA) is 15.3 Å². The van der Waals surface area contributed by atoms with E-state index in [9.17, 15) is 0 Å². The summed E-state index contributed by atoms with van der Waals surface area (Å²) in [4.78, 5) is 2.90. The quantitative estimate of drug-likeness (QED) is 0.736. The molecule has 0 atom stereocenters. The lowest BCUT2D eigenvalue weighted by Gasteiger charge is -2.49. The van der Waals surface area contributed by atoms with Crippen LogP contribution in [0.5, 0.6) is 0 Å². The molecule has 0 aromatic carbocycles. The van der Waals surface area contributed by atoms with Gasteiger partial charge in [0.2, 0.25) is 0 Å². The van der Waals surface area contributed by atoms with Crippen LogP contribution in [0, 0.1) is 0 Å². The number of nitrogens with one attached hydrogen (secondary N) is 1. The van der Waals surface area contributed by atoms with Crippen LogP contribution in [0.2, 0.25) is 0 Å². The lowest BCUT2D eigenvalue weighted by Crippen LogP contribution is -2.63. The van der Waals surface area contributed by atoms with Crippen molar-refractivity contribution in [1.29, 1.82) is 0 Å². The summed E-state index contributed by atoms with van der Waals surface area (Å²) < 4.78 is 0. The van der Waals surface area contributed by atoms with Crippen molar-refractivity contribution < 1.29 is 0 Å². The van der Waals surface area contributed by atoms with Gasteiger partial charge in [-0.1, -0.05) is 19.3 Å². The maximum atomic E-state index is 3.43. The second kappa shape index (κ2) is 3.82. The molecule has 0 radical (unpaired) electrons. The lowest BCUT2D eigenvalue weighted by molar-refractivity contribution is 0.0151. The number of nitrogens with zero attached hydrogens (tertiary/aromatic N) is 1. The third kappa shape index (κ3) is 1.49. The van der Waals surface area contributed by atoms with Gasteiger partial charge in [-0.05, 0) is 25.7 Å². The minimum atomic E-state index is 0.892. The van der Waals surface area contributed by atoms with E-state index < -0.39 is 0 Å². The van der Waals surface area contributed by atoms with Gasteiger partial charge < -0.3 is 5.32 Å². The Hall–Kier alpha value is -0.0800. The molecule has 3 rings (SSSR count). The van der Waals surface area contributed by atoms with Crippen molar-refractivity contribution in [2.75, 3.05) is 13.1 Å². The highest BCUT2D eigenvalue weighted by Gasteiger charge is 2.38. The third-order valence-corrected chi connectivity index (χ3v) is 4.42. The smallest absolute Gasteiger partial charge is 0.0351 e. The standard InChI is InChI=1S/C12H22N2/c1-2-5-10(4-1)14(11-6-3-7-11)12-8-13-9-12/h10-13H,1-9H2. The Balaban J connectivity index is 1.66. The summed E-state index contributed by atoms with van der Waals surface area (Å²) in [5, 5.41) is 3.43. The normalized spacial score (nSPS) is 30.6. The Labute approximate surface area is 87.0 Å². The Kier molecular flexibility index (Phi) is 2.50. The van der Waals surface area contributed by atoms with Crippen LogP contribution in [0.25, 0.3) is 0 Å². The molecule has 0 aromatic heterocycles. The van der Waals surface area contributed by atoms with Gasteiger partial charge in [0.05, 0.1) is 0 Å². The van der Waals surface area contributed by atoms with Gasteiger partial charge in [-0.25, -0.2) is 0 Å². The van der Waals surface area contributed by atoms with Gasteiger partial charge in [-0.15, -0.1) is 0 Å². The van der Waals surface area contributed by atoms with Gasteiger partial charge >= 0.3 is 0 Å². The third-order valence-electron chi connectivity index (χ3n) is 4.42. The predicted octanol–water partition coefficient (Wildman–Crippen LogP) is 1.76. The van der Waals surface area contributed by atoms with E-state index >= 15 is 0 Å². The molecule has 2 nitrogen and oxygen atoms in total. The zero-order chi connectivity index (χ0) is 9.38. The van der Waals surface area contributed by atoms with Crippen molar-refractivity contribution in [3.63, 3.8) is 0 Å². The molecule has 1 N–H and O–H groups in total. The van der Waals surface area contributed by atoms with Gasteiger partial charge in [0, 0.05) is 31.2 Å². The molecule has 14 heavy (non-hydrogen) atoms. The van der Waals surface area contributed by atoms with Crippen molar-refractivity contribution in [3.05, 3.63) is 0 Å². The minimum Gasteiger partial charge on any atom is -0.314 e. The van der Waals surface area contributed by atoms with Gasteiger partial charge in [-0.2, -0.15) is 0 Å². The highest BCUT2D eigenvalue weighted by molar-refractivity contribution is 4.96. The molecule has 0 aromatic rings. The Bertz CT molecular complexity index is 176. The van der Waals surface area contributed by atoms with E-state index in [4.69, 9.17) is 0 Å². The summed E-state index contributed by atoms with van der Waals surface area (Å²) in [6, 6.07) is 2.81. The van der Waals surface area contributed by atoms with E-state index in [0.717, 1.165) is 18.1 Å². The first-order valence-corrected chi connectivity index (χ1v) is 6.43. The fourth-order valence-corrected chi connectivity index (χ4v) is 3.27. The molecule has 2 saturated carbocycles. The maximum Gasteiger partial charge on any atom is 0.0351 e. The number of rotatable bonds is 3. The molecule has 0 spiro atoms. The molecule has 0 amide bonds. The van der Waals surface area contributed by atoms with Gasteiger partial charge in [0.1, 0.15) is 0 Å². The van der Waals surface area contributed by atoms with E-state index in [-0.39, 0.29) is 0 Å². The van der Waals surface area contributed by atoms with Crippen LogP contribution in [-0.4, -0.2) is 36.1 Å². The largest absolute Gasteiger partial charge is 0.314 e. The van der Waals surface area contributed by atoms with E-state index in [1.54, 1.807) is 0 Å². The molecule has 2 heteroatoms. The van der Waals surface area contributed by atoms with Crippen LogP contribution in [0.3, 0.4) is 0 Å². The Morgan fingerprint density at radius 2 is 1.29 bits per heavy atom. The molecule has 0 bridgehead atoms. The molecule has 3 aliphatic rings. The maximum absolute atomic E-state index is 3.43. The highest BCUT2D eigenvalue weighted by atomic mass is 15.3. The first-order chi connectivity index (χ1) is 6.95. The predicted molar refractivity (Wildman–Crippen MR) is 58.4 cm³/mol. The van der Waals surface area contributed by atoms with Gasteiger partial charge in [0.15, 0.2) is 0 Å². The summed E-state index contributed by atoms with van der Waals surface area (Å²) >= 11 is 0. The molecule has 80 valence electrons. The Morgan fingerprint density at radius 3 is 1.64 bits per heavy atom. The Morgan fingerprint density at radius 1 is 0.714 bits per heavy atom. The summed E-state index contributed by atoms with van der Waals surface area (Å²) in [7, 11) is 0. The van der Waals surface area contributed by atoms with Crippen LogP contribution in [-0.2, 0) is 0 Å². The second-order valence-electron chi connectivity index (χ2n) is 5.28. The van der Waals surface area contributed by atoms with E-state index in [1.807, 2.05) is 0 Å². The van der Waals surface area contributed by atoms with Crippen LogP contribution < -0.4 is 5.32 Å². The molecule has 1 heterocycles. The number of hydrogen-bond acceptors (Lipinski definition) is 2. The summed E-state index contributed by atoms with van der Waals surface area (Å²) in [6.07, 6.45) is 10.4. The van der Waals surface area contributed by atoms with Crippen molar-refractivity contribution in [3.8, 4) is 0 Å². The fourth-order valence-electron chi connectivity index (χ4n) is 3.27. The molecular formula is C12H22N2. The van der Waals surface area contributed by atoms with Crippen molar-refractivity contribution in [1.82, 2.24) is 10.2 Å². The van der Waals surface area contributed by atoms with Crippen molar-refractivity contribution >= 4 is 0 Å². The number of hydrogen-bond donors (Lipinski definition) is 1. The summed E-state index contributed by atoms with van der Waals surface area (Å²) in [5.74, 6) is 0. The van der Waals surface area contributed by atoms with Crippen LogP contribution in [0.1, 0.15) is 44.9 Å². The first-order valence-electron chi connectivity index (χ1n) is 6.43. The lowest BCUT2D eigenvalue weighted by atomic mass is 9.87. The molecule has 2 aliphatic carbocycles. The monoisotopic (exact) mass is 194 g/mol. The summed E-state index contributed by atoms with van der Waals surface area (Å²) in [6.45, 7) is 2.51. The zero-order valence-electron chi connectivity index (χ0n) is 9.04. The van der Waals surface area contributed by atoms with Crippen LogP contribution in [0.4, 0.5) is 0 Å². The molecule has 1 saturated heterocycles. The van der Waals surface area contributed by atoms with E-state index in [2.05, 4.69) is 10.2 Å². The van der Waals surface area contributed by atoms with Crippen LogP contribution >= 0.6 is 0 Å². The highest BCUT2D eigenvalue weighted by Crippen LogP contribution is 2.34.